The molecule has 1 heterocycles. The average Bonchev–Trinajstić information content (AvgIpc) is 2.78. The zero-order valence-electron chi connectivity index (χ0n) is 17.9. The Morgan fingerprint density at radius 2 is 1.74 bits per heavy atom. The third-order valence-electron chi connectivity index (χ3n) is 5.86. The van der Waals surface area contributed by atoms with Gasteiger partial charge in [-0.25, -0.2) is 4.98 Å². The molecule has 1 saturated carbocycles. The summed E-state index contributed by atoms with van der Waals surface area (Å²) in [5.74, 6) is 1.97. The van der Waals surface area contributed by atoms with Crippen molar-refractivity contribution in [2.45, 2.75) is 31.7 Å². The van der Waals surface area contributed by atoms with Crippen LogP contribution in [0, 0.1) is 5.92 Å². The molecule has 0 spiro atoms. The summed E-state index contributed by atoms with van der Waals surface area (Å²) in [5.41, 5.74) is 1.48. The average molecular weight is 438 g/mol. The van der Waals surface area contributed by atoms with E-state index in [1.54, 1.807) is 12.1 Å². The first-order chi connectivity index (χ1) is 15.0. The Balaban J connectivity index is 1.32. The molecule has 0 aliphatic heterocycles. The molecule has 2 aromatic carbocycles. The summed E-state index contributed by atoms with van der Waals surface area (Å²) in [5, 5.41) is 8.11. The summed E-state index contributed by atoms with van der Waals surface area (Å²) in [7, 11) is 4.00. The van der Waals surface area contributed by atoms with E-state index in [-0.39, 0.29) is 5.91 Å². The maximum absolute atomic E-state index is 12.4. The minimum Gasteiger partial charge on any atom is -0.362 e. The number of aromatic nitrogens is 2. The van der Waals surface area contributed by atoms with Crippen molar-refractivity contribution in [1.82, 2.24) is 15.3 Å². The van der Waals surface area contributed by atoms with Crippen molar-refractivity contribution in [1.29, 1.82) is 0 Å². The minimum atomic E-state index is -0.105. The molecule has 0 atom stereocenters. The Morgan fingerprint density at radius 1 is 1.03 bits per heavy atom. The van der Waals surface area contributed by atoms with Gasteiger partial charge in [0, 0.05) is 32.1 Å². The lowest BCUT2D eigenvalue weighted by atomic mass is 9.86. The van der Waals surface area contributed by atoms with E-state index in [4.69, 9.17) is 21.6 Å². The first-order valence-corrected chi connectivity index (χ1v) is 11.1. The number of amides is 1. The predicted molar refractivity (Wildman–Crippen MR) is 127 cm³/mol. The minimum absolute atomic E-state index is 0.105. The van der Waals surface area contributed by atoms with Crippen LogP contribution in [0.15, 0.2) is 48.5 Å². The van der Waals surface area contributed by atoms with Crippen LogP contribution in [0.5, 0.6) is 0 Å². The van der Waals surface area contributed by atoms with Gasteiger partial charge in [-0.15, -0.1) is 0 Å². The zero-order valence-corrected chi connectivity index (χ0v) is 18.7. The third kappa shape index (κ3) is 5.07. The Morgan fingerprint density at radius 3 is 2.48 bits per heavy atom. The van der Waals surface area contributed by atoms with Gasteiger partial charge in [-0.3, -0.25) is 4.79 Å². The van der Waals surface area contributed by atoms with Gasteiger partial charge >= 0.3 is 0 Å². The van der Waals surface area contributed by atoms with E-state index in [1.807, 2.05) is 49.3 Å². The quantitative estimate of drug-likeness (QED) is 0.582. The van der Waals surface area contributed by atoms with Gasteiger partial charge in [-0.05, 0) is 55.9 Å². The van der Waals surface area contributed by atoms with Crippen molar-refractivity contribution < 1.29 is 4.79 Å². The second-order valence-electron chi connectivity index (χ2n) is 8.33. The first-order valence-electron chi connectivity index (χ1n) is 10.7. The molecule has 4 rings (SSSR count). The Bertz CT molecular complexity index is 1060. The fourth-order valence-corrected chi connectivity index (χ4v) is 4.36. The van der Waals surface area contributed by atoms with Gasteiger partial charge in [0.05, 0.1) is 16.1 Å². The fourth-order valence-electron chi connectivity index (χ4n) is 4.14. The van der Waals surface area contributed by atoms with Crippen molar-refractivity contribution >= 4 is 40.2 Å². The highest BCUT2D eigenvalue weighted by Crippen LogP contribution is 2.28. The van der Waals surface area contributed by atoms with Crippen LogP contribution in [0.4, 0.5) is 11.8 Å². The van der Waals surface area contributed by atoms with E-state index >= 15 is 0 Å². The molecular formula is C24H28ClN5O. The van der Waals surface area contributed by atoms with Gasteiger partial charge in [0.1, 0.15) is 5.82 Å². The van der Waals surface area contributed by atoms with Crippen molar-refractivity contribution in [3.05, 3.63) is 59.1 Å². The molecular weight excluding hydrogens is 410 g/mol. The molecule has 3 aromatic rings. The highest BCUT2D eigenvalue weighted by Gasteiger charge is 2.23. The molecule has 1 aliphatic rings. The number of nitrogens with one attached hydrogen (secondary N) is 2. The molecule has 2 N–H and O–H groups in total. The van der Waals surface area contributed by atoms with Gasteiger partial charge < -0.3 is 15.5 Å². The van der Waals surface area contributed by atoms with E-state index < -0.39 is 0 Å². The lowest BCUT2D eigenvalue weighted by Crippen LogP contribution is -2.34. The summed E-state index contributed by atoms with van der Waals surface area (Å²) in [6.45, 7) is 0.675. The summed E-state index contributed by atoms with van der Waals surface area (Å²) >= 11 is 6.12. The number of nitrogens with zero attached hydrogens (tertiary/aromatic N) is 3. The Labute approximate surface area is 188 Å². The summed E-state index contributed by atoms with van der Waals surface area (Å²) < 4.78 is 0. The van der Waals surface area contributed by atoms with Crippen LogP contribution in [0.3, 0.4) is 0 Å². The molecule has 162 valence electrons. The standard InChI is InChI=1S/C24H28ClN5O/c1-30(2)22-19-8-4-6-10-21(19)28-24(29-22)27-17-13-11-16(12-14-17)15-26-23(31)18-7-3-5-9-20(18)25/h3-10,16-17H,11-15H2,1-2H3,(H,26,31)(H,27,28,29). The largest absolute Gasteiger partial charge is 0.362 e. The second-order valence-corrected chi connectivity index (χ2v) is 8.74. The predicted octanol–water partition coefficient (Wildman–Crippen LogP) is 4.75. The molecule has 1 aromatic heterocycles. The number of para-hydroxylation sites is 1. The lowest BCUT2D eigenvalue weighted by molar-refractivity contribution is 0.0943. The van der Waals surface area contributed by atoms with Gasteiger partial charge in [0.15, 0.2) is 0 Å². The normalized spacial score (nSPS) is 18.5. The van der Waals surface area contributed by atoms with Crippen LogP contribution in [0.1, 0.15) is 36.0 Å². The molecule has 0 bridgehead atoms. The van der Waals surface area contributed by atoms with E-state index in [1.165, 1.54) is 0 Å². The SMILES string of the molecule is CN(C)c1nc(NC2CCC(CNC(=O)c3ccccc3Cl)CC2)nc2ccccc12. The fraction of sp³-hybridized carbons (Fsp3) is 0.375. The number of anilines is 2. The molecule has 0 saturated heterocycles. The number of halogens is 1. The highest BCUT2D eigenvalue weighted by molar-refractivity contribution is 6.33. The number of carbonyl (C=O) groups excluding carboxylic acids is 1. The highest BCUT2D eigenvalue weighted by atomic mass is 35.5. The summed E-state index contributed by atoms with van der Waals surface area (Å²) in [6, 6.07) is 15.6. The van der Waals surface area contributed by atoms with Crippen molar-refractivity contribution in [3.63, 3.8) is 0 Å². The Kier molecular flexibility index (Phi) is 6.56. The Hall–Kier alpha value is -2.86. The lowest BCUT2D eigenvalue weighted by Gasteiger charge is -2.29. The van der Waals surface area contributed by atoms with Crippen molar-refractivity contribution in [3.8, 4) is 0 Å². The maximum atomic E-state index is 12.4. The summed E-state index contributed by atoms with van der Waals surface area (Å²) in [6.07, 6.45) is 4.16. The number of hydrogen-bond donors (Lipinski definition) is 2. The van der Waals surface area contributed by atoms with Crippen molar-refractivity contribution in [2.75, 3.05) is 30.9 Å². The maximum Gasteiger partial charge on any atom is 0.252 e. The van der Waals surface area contributed by atoms with Crippen LogP contribution in [0.25, 0.3) is 10.9 Å². The van der Waals surface area contributed by atoms with Gasteiger partial charge in [-0.2, -0.15) is 4.98 Å². The number of rotatable bonds is 6. The molecule has 0 unspecified atom stereocenters. The summed E-state index contributed by atoms with van der Waals surface area (Å²) in [4.78, 5) is 23.9. The number of hydrogen-bond acceptors (Lipinski definition) is 5. The molecule has 6 nitrogen and oxygen atoms in total. The van der Waals surface area contributed by atoms with Crippen LogP contribution in [-0.4, -0.2) is 42.6 Å². The molecule has 7 heteroatoms. The first kappa shape index (κ1) is 21.4. The molecule has 1 amide bonds. The van der Waals surface area contributed by atoms with Crippen LogP contribution in [0.2, 0.25) is 5.02 Å². The molecule has 1 aliphatic carbocycles. The molecule has 0 radical (unpaired) electrons. The molecule has 31 heavy (non-hydrogen) atoms. The number of benzene rings is 2. The second kappa shape index (κ2) is 9.52. The number of fused-ring (bicyclic) bond motifs is 1. The van der Waals surface area contributed by atoms with Crippen LogP contribution >= 0.6 is 11.6 Å². The topological polar surface area (TPSA) is 70.2 Å². The monoisotopic (exact) mass is 437 g/mol. The van der Waals surface area contributed by atoms with Crippen molar-refractivity contribution in [2.24, 2.45) is 5.92 Å². The van der Waals surface area contributed by atoms with Gasteiger partial charge in [0.2, 0.25) is 5.95 Å². The molecule has 1 fully saturated rings. The van der Waals surface area contributed by atoms with E-state index in [9.17, 15) is 4.79 Å². The van der Waals surface area contributed by atoms with E-state index in [2.05, 4.69) is 16.7 Å². The van der Waals surface area contributed by atoms with E-state index in [0.29, 0.717) is 35.0 Å². The van der Waals surface area contributed by atoms with E-state index in [0.717, 1.165) is 42.4 Å². The van der Waals surface area contributed by atoms with Crippen LogP contribution < -0.4 is 15.5 Å². The van der Waals surface area contributed by atoms with Crippen LogP contribution in [-0.2, 0) is 0 Å². The third-order valence-corrected chi connectivity index (χ3v) is 6.19. The van der Waals surface area contributed by atoms with Gasteiger partial charge in [-0.1, -0.05) is 35.9 Å². The zero-order chi connectivity index (χ0) is 21.8. The van der Waals surface area contributed by atoms with Gasteiger partial charge in [0.25, 0.3) is 5.91 Å². The number of carbonyl (C=O) groups is 1. The smallest absolute Gasteiger partial charge is 0.252 e.